The van der Waals surface area contributed by atoms with Crippen molar-refractivity contribution in [1.29, 1.82) is 0 Å². The van der Waals surface area contributed by atoms with Gasteiger partial charge in [-0.25, -0.2) is 4.39 Å². The molecule has 1 N–H and O–H groups in total. The summed E-state index contributed by atoms with van der Waals surface area (Å²) in [6.07, 6.45) is 1.75. The number of carbonyl (C=O) groups is 1. The number of aryl methyl sites for hydroxylation is 1. The van der Waals surface area contributed by atoms with Gasteiger partial charge in [0.15, 0.2) is 5.82 Å². The van der Waals surface area contributed by atoms with Gasteiger partial charge in [-0.05, 0) is 65.2 Å². The van der Waals surface area contributed by atoms with Crippen molar-refractivity contribution in [2.24, 2.45) is 0 Å². The standard InChI is InChI=1S/C23H21BrFN5O/c1-15-22(24)16(2)30(27-15)14-17-5-3-7-19(11-17)23(31)26-21-9-10-29(28-21)13-18-6-4-8-20(25)12-18/h3-12H,13-14H2,1-2H3,(H,26,28,31). The van der Waals surface area contributed by atoms with Crippen LogP contribution in [-0.2, 0) is 13.1 Å². The Balaban J connectivity index is 1.44. The summed E-state index contributed by atoms with van der Waals surface area (Å²) in [4.78, 5) is 12.7. The van der Waals surface area contributed by atoms with Crippen molar-refractivity contribution in [3.8, 4) is 0 Å². The number of halogens is 2. The molecule has 0 spiro atoms. The number of hydrogen-bond donors (Lipinski definition) is 1. The van der Waals surface area contributed by atoms with Gasteiger partial charge in [-0.1, -0.05) is 24.3 Å². The Labute approximate surface area is 187 Å². The van der Waals surface area contributed by atoms with E-state index >= 15 is 0 Å². The van der Waals surface area contributed by atoms with Gasteiger partial charge in [0.2, 0.25) is 0 Å². The molecule has 0 saturated heterocycles. The number of benzene rings is 2. The van der Waals surface area contributed by atoms with Crippen LogP contribution in [0.25, 0.3) is 0 Å². The van der Waals surface area contributed by atoms with Gasteiger partial charge in [0.05, 0.1) is 29.0 Å². The van der Waals surface area contributed by atoms with Crippen LogP contribution in [0.2, 0.25) is 0 Å². The second-order valence-electron chi connectivity index (χ2n) is 7.33. The highest BCUT2D eigenvalue weighted by Gasteiger charge is 2.12. The molecule has 0 aliphatic rings. The van der Waals surface area contributed by atoms with Gasteiger partial charge < -0.3 is 5.32 Å². The largest absolute Gasteiger partial charge is 0.305 e. The molecule has 4 aromatic rings. The van der Waals surface area contributed by atoms with Crippen molar-refractivity contribution in [2.45, 2.75) is 26.9 Å². The van der Waals surface area contributed by atoms with Gasteiger partial charge in [0.25, 0.3) is 5.91 Å². The molecule has 4 rings (SSSR count). The summed E-state index contributed by atoms with van der Waals surface area (Å²) in [5.74, 6) is -0.0902. The summed E-state index contributed by atoms with van der Waals surface area (Å²) in [5.41, 5.74) is 4.28. The Bertz CT molecular complexity index is 1250. The van der Waals surface area contributed by atoms with Crippen LogP contribution >= 0.6 is 15.9 Å². The zero-order valence-corrected chi connectivity index (χ0v) is 18.7. The molecule has 6 nitrogen and oxygen atoms in total. The summed E-state index contributed by atoms with van der Waals surface area (Å²) < 4.78 is 17.9. The third-order valence-corrected chi connectivity index (χ3v) is 6.08. The van der Waals surface area contributed by atoms with Crippen molar-refractivity contribution < 1.29 is 9.18 Å². The maximum atomic E-state index is 13.4. The first-order valence-corrected chi connectivity index (χ1v) is 10.6. The number of hydrogen-bond acceptors (Lipinski definition) is 3. The van der Waals surface area contributed by atoms with E-state index in [1.807, 2.05) is 42.8 Å². The van der Waals surface area contributed by atoms with Crippen LogP contribution in [0.4, 0.5) is 10.2 Å². The van der Waals surface area contributed by atoms with E-state index in [0.29, 0.717) is 24.5 Å². The Morgan fingerprint density at radius 1 is 1.03 bits per heavy atom. The van der Waals surface area contributed by atoms with Crippen LogP contribution in [0.5, 0.6) is 0 Å². The molecule has 0 aliphatic heterocycles. The molecule has 0 atom stereocenters. The van der Waals surface area contributed by atoms with Gasteiger partial charge >= 0.3 is 0 Å². The minimum absolute atomic E-state index is 0.243. The third kappa shape index (κ3) is 4.91. The molecular formula is C23H21BrFN5O. The average Bonchev–Trinajstić information content (AvgIpc) is 3.27. The quantitative estimate of drug-likeness (QED) is 0.423. The van der Waals surface area contributed by atoms with Crippen LogP contribution in [0, 0.1) is 19.7 Å². The van der Waals surface area contributed by atoms with Crippen LogP contribution in [0.3, 0.4) is 0 Å². The van der Waals surface area contributed by atoms with E-state index in [2.05, 4.69) is 31.4 Å². The van der Waals surface area contributed by atoms with Crippen LogP contribution in [0.15, 0.2) is 65.3 Å². The third-order valence-electron chi connectivity index (χ3n) is 4.93. The SMILES string of the molecule is Cc1nn(Cc2cccc(C(=O)Nc3ccn(Cc4cccc(F)c4)n3)c2)c(C)c1Br. The van der Waals surface area contributed by atoms with E-state index in [-0.39, 0.29) is 11.7 Å². The number of nitrogens with zero attached hydrogens (tertiary/aromatic N) is 4. The topological polar surface area (TPSA) is 64.7 Å². The van der Waals surface area contributed by atoms with Crippen molar-refractivity contribution in [3.63, 3.8) is 0 Å². The summed E-state index contributed by atoms with van der Waals surface area (Å²) in [7, 11) is 0. The minimum Gasteiger partial charge on any atom is -0.305 e. The van der Waals surface area contributed by atoms with E-state index in [0.717, 1.165) is 27.0 Å². The van der Waals surface area contributed by atoms with Gasteiger partial charge in [-0.2, -0.15) is 10.2 Å². The second kappa shape index (κ2) is 8.85. The first kappa shape index (κ1) is 21.0. The number of rotatable bonds is 6. The lowest BCUT2D eigenvalue weighted by atomic mass is 10.1. The summed E-state index contributed by atoms with van der Waals surface area (Å²) >= 11 is 3.54. The lowest BCUT2D eigenvalue weighted by molar-refractivity contribution is 0.102. The summed E-state index contributed by atoms with van der Waals surface area (Å²) in [6, 6.07) is 15.5. The zero-order valence-electron chi connectivity index (χ0n) is 17.1. The van der Waals surface area contributed by atoms with E-state index in [1.165, 1.54) is 12.1 Å². The lowest BCUT2D eigenvalue weighted by Gasteiger charge is -2.07. The Morgan fingerprint density at radius 3 is 2.48 bits per heavy atom. The highest BCUT2D eigenvalue weighted by molar-refractivity contribution is 9.10. The molecule has 0 bridgehead atoms. The van der Waals surface area contributed by atoms with Crippen LogP contribution < -0.4 is 5.32 Å². The van der Waals surface area contributed by atoms with Crippen LogP contribution in [-0.4, -0.2) is 25.5 Å². The van der Waals surface area contributed by atoms with Gasteiger partial charge in [-0.15, -0.1) is 0 Å². The van der Waals surface area contributed by atoms with E-state index < -0.39 is 0 Å². The molecule has 0 fully saturated rings. The molecule has 0 unspecified atom stereocenters. The number of anilines is 1. The lowest BCUT2D eigenvalue weighted by Crippen LogP contribution is -2.13. The average molecular weight is 482 g/mol. The molecule has 0 radical (unpaired) electrons. The molecule has 2 aromatic carbocycles. The number of carbonyl (C=O) groups excluding carboxylic acids is 1. The second-order valence-corrected chi connectivity index (χ2v) is 8.12. The zero-order chi connectivity index (χ0) is 22.0. The van der Waals surface area contributed by atoms with Gasteiger partial charge in [0, 0.05) is 17.8 Å². The number of amides is 1. The normalized spacial score (nSPS) is 11.0. The van der Waals surface area contributed by atoms with Crippen molar-refractivity contribution >= 4 is 27.7 Å². The van der Waals surface area contributed by atoms with E-state index in [4.69, 9.17) is 0 Å². The Morgan fingerprint density at radius 2 is 1.77 bits per heavy atom. The monoisotopic (exact) mass is 481 g/mol. The summed E-state index contributed by atoms with van der Waals surface area (Å²) in [5, 5.41) is 11.7. The minimum atomic E-state index is -0.286. The molecule has 0 saturated carbocycles. The fraction of sp³-hybridized carbons (Fsp3) is 0.174. The maximum absolute atomic E-state index is 13.4. The molecule has 1 amide bonds. The number of aromatic nitrogens is 4. The molecule has 8 heteroatoms. The Hall–Kier alpha value is -3.26. The highest BCUT2D eigenvalue weighted by atomic mass is 79.9. The first-order chi connectivity index (χ1) is 14.9. The van der Waals surface area contributed by atoms with Gasteiger partial charge in [-0.3, -0.25) is 14.2 Å². The maximum Gasteiger partial charge on any atom is 0.256 e. The molecule has 31 heavy (non-hydrogen) atoms. The predicted octanol–water partition coefficient (Wildman–Crippen LogP) is 4.95. The van der Waals surface area contributed by atoms with Crippen molar-refractivity contribution in [3.05, 3.63) is 99.2 Å². The summed E-state index contributed by atoms with van der Waals surface area (Å²) in [6.45, 7) is 4.94. The first-order valence-electron chi connectivity index (χ1n) is 9.77. The number of nitrogens with one attached hydrogen (secondary N) is 1. The Kier molecular flexibility index (Phi) is 5.99. The molecule has 2 aromatic heterocycles. The molecule has 158 valence electrons. The fourth-order valence-electron chi connectivity index (χ4n) is 3.34. The van der Waals surface area contributed by atoms with Crippen molar-refractivity contribution in [2.75, 3.05) is 5.32 Å². The predicted molar refractivity (Wildman–Crippen MR) is 121 cm³/mol. The van der Waals surface area contributed by atoms with E-state index in [9.17, 15) is 9.18 Å². The fourth-order valence-corrected chi connectivity index (χ4v) is 3.62. The molecule has 0 aliphatic carbocycles. The molecule has 2 heterocycles. The molecular weight excluding hydrogens is 461 g/mol. The van der Waals surface area contributed by atoms with Crippen LogP contribution in [0.1, 0.15) is 32.9 Å². The van der Waals surface area contributed by atoms with E-state index in [1.54, 1.807) is 29.1 Å². The van der Waals surface area contributed by atoms with Gasteiger partial charge in [0.1, 0.15) is 5.82 Å². The van der Waals surface area contributed by atoms with Crippen molar-refractivity contribution in [1.82, 2.24) is 19.6 Å². The smallest absolute Gasteiger partial charge is 0.256 e. The highest BCUT2D eigenvalue weighted by Crippen LogP contribution is 2.21.